The van der Waals surface area contributed by atoms with Crippen molar-refractivity contribution in [1.82, 2.24) is 14.9 Å². The first-order valence-corrected chi connectivity index (χ1v) is 9.69. The van der Waals surface area contributed by atoms with E-state index in [9.17, 15) is 9.59 Å². The lowest BCUT2D eigenvalue weighted by atomic mass is 10.1. The van der Waals surface area contributed by atoms with Crippen molar-refractivity contribution in [1.29, 1.82) is 0 Å². The average Bonchev–Trinajstić information content (AvgIpc) is 2.73. The van der Waals surface area contributed by atoms with Gasteiger partial charge in [-0.15, -0.1) is 0 Å². The number of aromatic nitrogens is 2. The second kappa shape index (κ2) is 7.84. The SMILES string of the molecule is CCOc1ccccc1CNC(=O)c1ccc2c(=O)n3c(nc2c1)CCCC3. The normalized spacial score (nSPS) is 13.2. The minimum Gasteiger partial charge on any atom is -0.494 e. The molecule has 0 atom stereocenters. The minimum absolute atomic E-state index is 0.0164. The van der Waals surface area contributed by atoms with Crippen LogP contribution in [-0.4, -0.2) is 22.1 Å². The van der Waals surface area contributed by atoms with Crippen molar-refractivity contribution in [3.8, 4) is 5.75 Å². The average molecular weight is 377 g/mol. The third-order valence-corrected chi connectivity index (χ3v) is 5.04. The van der Waals surface area contributed by atoms with Gasteiger partial charge in [0.15, 0.2) is 0 Å². The van der Waals surface area contributed by atoms with Crippen molar-refractivity contribution < 1.29 is 9.53 Å². The molecule has 0 bridgehead atoms. The number of nitrogens with one attached hydrogen (secondary N) is 1. The molecule has 2 aromatic carbocycles. The van der Waals surface area contributed by atoms with E-state index in [4.69, 9.17) is 4.74 Å². The molecule has 0 unspecified atom stereocenters. The molecule has 0 saturated heterocycles. The lowest BCUT2D eigenvalue weighted by Gasteiger charge is -2.18. The van der Waals surface area contributed by atoms with E-state index in [0.29, 0.717) is 29.6 Å². The predicted octanol–water partition coefficient (Wildman–Crippen LogP) is 3.06. The Hall–Kier alpha value is -3.15. The lowest BCUT2D eigenvalue weighted by Crippen LogP contribution is -2.28. The Morgan fingerprint density at radius 2 is 2.07 bits per heavy atom. The van der Waals surface area contributed by atoms with Gasteiger partial charge in [0.25, 0.3) is 11.5 Å². The molecule has 1 N–H and O–H groups in total. The van der Waals surface area contributed by atoms with Crippen LogP contribution in [0.1, 0.15) is 41.5 Å². The van der Waals surface area contributed by atoms with Gasteiger partial charge < -0.3 is 10.1 Å². The molecule has 1 amide bonds. The number of amides is 1. The molecule has 6 heteroatoms. The quantitative estimate of drug-likeness (QED) is 0.742. The van der Waals surface area contributed by atoms with Crippen LogP contribution >= 0.6 is 0 Å². The van der Waals surface area contributed by atoms with E-state index in [2.05, 4.69) is 10.3 Å². The summed E-state index contributed by atoms with van der Waals surface area (Å²) in [6.45, 7) is 3.59. The fraction of sp³-hybridized carbons (Fsp3) is 0.318. The molecule has 3 aromatic rings. The number of aryl methyl sites for hydroxylation is 1. The third kappa shape index (κ3) is 3.50. The molecule has 144 valence electrons. The largest absolute Gasteiger partial charge is 0.494 e. The van der Waals surface area contributed by atoms with Gasteiger partial charge in [-0.25, -0.2) is 4.98 Å². The summed E-state index contributed by atoms with van der Waals surface area (Å²) >= 11 is 0. The second-order valence-electron chi connectivity index (χ2n) is 6.90. The first-order valence-electron chi connectivity index (χ1n) is 9.69. The van der Waals surface area contributed by atoms with Gasteiger partial charge in [0.2, 0.25) is 0 Å². The monoisotopic (exact) mass is 377 g/mol. The van der Waals surface area contributed by atoms with Gasteiger partial charge in [0.05, 0.1) is 17.5 Å². The summed E-state index contributed by atoms with van der Waals surface area (Å²) < 4.78 is 7.36. The van der Waals surface area contributed by atoms with Crippen molar-refractivity contribution in [2.75, 3.05) is 6.61 Å². The maximum Gasteiger partial charge on any atom is 0.261 e. The van der Waals surface area contributed by atoms with E-state index in [0.717, 1.165) is 42.9 Å². The van der Waals surface area contributed by atoms with Gasteiger partial charge in [-0.2, -0.15) is 0 Å². The molecule has 0 spiro atoms. The summed E-state index contributed by atoms with van der Waals surface area (Å²) in [7, 11) is 0. The number of rotatable bonds is 5. The van der Waals surface area contributed by atoms with E-state index in [1.165, 1.54) is 0 Å². The van der Waals surface area contributed by atoms with Crippen molar-refractivity contribution in [3.63, 3.8) is 0 Å². The highest BCUT2D eigenvalue weighted by atomic mass is 16.5. The zero-order chi connectivity index (χ0) is 19.5. The summed E-state index contributed by atoms with van der Waals surface area (Å²) in [6.07, 6.45) is 2.84. The van der Waals surface area contributed by atoms with Gasteiger partial charge in [0.1, 0.15) is 11.6 Å². The highest BCUT2D eigenvalue weighted by Gasteiger charge is 2.16. The van der Waals surface area contributed by atoms with Crippen molar-refractivity contribution in [3.05, 3.63) is 69.8 Å². The van der Waals surface area contributed by atoms with Crippen LogP contribution in [0, 0.1) is 0 Å². The van der Waals surface area contributed by atoms with Crippen LogP contribution in [0.5, 0.6) is 5.75 Å². The number of carbonyl (C=O) groups is 1. The molecule has 0 aliphatic carbocycles. The Labute approximate surface area is 163 Å². The fourth-order valence-corrected chi connectivity index (χ4v) is 3.61. The number of para-hydroxylation sites is 1. The standard InChI is InChI=1S/C22H23N3O3/c1-2-28-19-8-4-3-7-16(19)14-23-21(26)15-10-11-17-18(13-15)24-20-9-5-6-12-25(20)22(17)27/h3-4,7-8,10-11,13H,2,5-6,9,12,14H2,1H3,(H,23,26). The topological polar surface area (TPSA) is 73.2 Å². The number of carbonyl (C=O) groups excluding carboxylic acids is 1. The number of hydrogen-bond acceptors (Lipinski definition) is 4. The van der Waals surface area contributed by atoms with Crippen LogP contribution < -0.4 is 15.6 Å². The molecule has 6 nitrogen and oxygen atoms in total. The summed E-state index contributed by atoms with van der Waals surface area (Å²) in [4.78, 5) is 30.0. The minimum atomic E-state index is -0.201. The van der Waals surface area contributed by atoms with Crippen LogP contribution in [0.25, 0.3) is 10.9 Å². The smallest absolute Gasteiger partial charge is 0.261 e. The molecular weight excluding hydrogens is 354 g/mol. The van der Waals surface area contributed by atoms with E-state index in [1.807, 2.05) is 31.2 Å². The number of ether oxygens (including phenoxy) is 1. The lowest BCUT2D eigenvalue weighted by molar-refractivity contribution is 0.0950. The summed E-state index contributed by atoms with van der Waals surface area (Å²) in [5.74, 6) is 1.38. The third-order valence-electron chi connectivity index (χ3n) is 5.04. The van der Waals surface area contributed by atoms with E-state index in [1.54, 1.807) is 22.8 Å². The van der Waals surface area contributed by atoms with Crippen molar-refractivity contribution in [2.45, 2.75) is 39.3 Å². The Balaban J connectivity index is 1.57. The molecule has 4 rings (SSSR count). The van der Waals surface area contributed by atoms with Crippen LogP contribution in [0.15, 0.2) is 47.3 Å². The molecule has 0 fully saturated rings. The summed E-state index contributed by atoms with van der Waals surface area (Å²) in [5, 5.41) is 3.48. The second-order valence-corrected chi connectivity index (χ2v) is 6.90. The summed E-state index contributed by atoms with van der Waals surface area (Å²) in [6, 6.07) is 12.7. The maximum atomic E-state index is 12.7. The maximum absolute atomic E-state index is 12.7. The highest BCUT2D eigenvalue weighted by molar-refractivity contribution is 5.97. The van der Waals surface area contributed by atoms with E-state index >= 15 is 0 Å². The molecular formula is C22H23N3O3. The number of nitrogens with zero attached hydrogens (tertiary/aromatic N) is 2. The predicted molar refractivity (Wildman–Crippen MR) is 108 cm³/mol. The zero-order valence-electron chi connectivity index (χ0n) is 15.9. The van der Waals surface area contributed by atoms with Crippen molar-refractivity contribution in [2.24, 2.45) is 0 Å². The number of fused-ring (bicyclic) bond motifs is 2. The first-order chi connectivity index (χ1) is 13.7. The fourth-order valence-electron chi connectivity index (χ4n) is 3.61. The van der Waals surface area contributed by atoms with Crippen LogP contribution in [0.4, 0.5) is 0 Å². The van der Waals surface area contributed by atoms with Gasteiger partial charge >= 0.3 is 0 Å². The molecule has 28 heavy (non-hydrogen) atoms. The molecule has 2 heterocycles. The molecule has 1 aliphatic rings. The molecule has 0 radical (unpaired) electrons. The Morgan fingerprint density at radius 1 is 1.21 bits per heavy atom. The van der Waals surface area contributed by atoms with E-state index < -0.39 is 0 Å². The van der Waals surface area contributed by atoms with Gasteiger partial charge in [0, 0.05) is 30.6 Å². The van der Waals surface area contributed by atoms with Crippen molar-refractivity contribution >= 4 is 16.8 Å². The highest BCUT2D eigenvalue weighted by Crippen LogP contribution is 2.19. The van der Waals surface area contributed by atoms with Crippen LogP contribution in [-0.2, 0) is 19.5 Å². The first kappa shape index (κ1) is 18.2. The Morgan fingerprint density at radius 3 is 2.93 bits per heavy atom. The zero-order valence-corrected chi connectivity index (χ0v) is 15.9. The van der Waals surface area contributed by atoms with Crippen LogP contribution in [0.3, 0.4) is 0 Å². The van der Waals surface area contributed by atoms with E-state index in [-0.39, 0.29) is 11.5 Å². The van der Waals surface area contributed by atoms with Gasteiger partial charge in [-0.05, 0) is 44.0 Å². The molecule has 1 aromatic heterocycles. The number of hydrogen-bond donors (Lipinski definition) is 1. The number of benzene rings is 2. The Bertz CT molecular complexity index is 1090. The molecule has 0 saturated carbocycles. The van der Waals surface area contributed by atoms with Gasteiger partial charge in [-0.3, -0.25) is 14.2 Å². The van der Waals surface area contributed by atoms with Crippen LogP contribution in [0.2, 0.25) is 0 Å². The van der Waals surface area contributed by atoms with Gasteiger partial charge in [-0.1, -0.05) is 18.2 Å². The molecule has 1 aliphatic heterocycles. The summed E-state index contributed by atoms with van der Waals surface area (Å²) in [5.41, 5.74) is 1.98. The Kier molecular flexibility index (Phi) is 5.10.